The third-order valence-electron chi connectivity index (χ3n) is 3.94. The van der Waals surface area contributed by atoms with Crippen LogP contribution in [0.4, 0.5) is 0 Å². The predicted octanol–water partition coefficient (Wildman–Crippen LogP) is 1.01. The third-order valence-corrected chi connectivity index (χ3v) is 5.46. The van der Waals surface area contributed by atoms with Crippen LogP contribution in [-0.2, 0) is 23.5 Å². The van der Waals surface area contributed by atoms with E-state index >= 15 is 0 Å². The lowest BCUT2D eigenvalue weighted by Crippen LogP contribution is -2.39. The molecule has 0 spiro atoms. The Morgan fingerprint density at radius 2 is 1.92 bits per heavy atom. The van der Waals surface area contributed by atoms with E-state index < -0.39 is 21.8 Å². The van der Waals surface area contributed by atoms with Gasteiger partial charge in [0.25, 0.3) is 0 Å². The van der Waals surface area contributed by atoms with Crippen LogP contribution in [0.3, 0.4) is 0 Å². The van der Waals surface area contributed by atoms with Gasteiger partial charge in [0, 0.05) is 19.2 Å². The number of fused-ring (bicyclic) bond motifs is 1. The molecule has 1 aromatic heterocycles. The average molecular weight is 362 g/mol. The minimum Gasteiger partial charge on any atom is -0.408 e. The molecule has 1 heterocycles. The quantitative estimate of drug-likeness (QED) is 0.682. The van der Waals surface area contributed by atoms with Crippen molar-refractivity contribution in [2.75, 3.05) is 6.61 Å². The molecule has 0 aliphatic rings. The third kappa shape index (κ3) is 3.65. The molecule has 0 saturated carbocycles. The fourth-order valence-corrected chi connectivity index (χ4v) is 3.85. The highest BCUT2D eigenvalue weighted by Gasteiger charge is 2.21. The minimum atomic E-state index is -3.87. The topological polar surface area (TPSA) is 102 Å². The summed E-state index contributed by atoms with van der Waals surface area (Å²) in [6.45, 7) is -0.337. The maximum atomic E-state index is 12.6. The molecule has 0 amide bonds. The summed E-state index contributed by atoms with van der Waals surface area (Å²) >= 11 is 0. The molecular weight excluding hydrogens is 344 g/mol. The lowest BCUT2D eigenvalue weighted by Gasteiger charge is -2.16. The summed E-state index contributed by atoms with van der Waals surface area (Å²) in [5.74, 6) is -0.560. The van der Waals surface area contributed by atoms with E-state index in [9.17, 15) is 18.3 Å². The van der Waals surface area contributed by atoms with Crippen molar-refractivity contribution >= 4 is 21.1 Å². The summed E-state index contributed by atoms with van der Waals surface area (Å²) in [5, 5.41) is 9.52. The largest absolute Gasteiger partial charge is 0.419 e. The van der Waals surface area contributed by atoms with Crippen molar-refractivity contribution in [1.29, 1.82) is 0 Å². The van der Waals surface area contributed by atoms with E-state index in [-0.39, 0.29) is 17.1 Å². The number of rotatable bonds is 6. The maximum Gasteiger partial charge on any atom is 0.419 e. The van der Waals surface area contributed by atoms with Gasteiger partial charge in [-0.1, -0.05) is 30.3 Å². The van der Waals surface area contributed by atoms with Gasteiger partial charge in [-0.3, -0.25) is 4.57 Å². The molecule has 0 bridgehead atoms. The highest BCUT2D eigenvalue weighted by atomic mass is 32.2. The summed E-state index contributed by atoms with van der Waals surface area (Å²) in [7, 11) is -2.32. The van der Waals surface area contributed by atoms with Crippen molar-refractivity contribution in [1.82, 2.24) is 9.29 Å². The summed E-state index contributed by atoms with van der Waals surface area (Å²) in [6, 6.07) is 12.8. The Morgan fingerprint density at radius 1 is 1.20 bits per heavy atom. The van der Waals surface area contributed by atoms with Crippen molar-refractivity contribution < 1.29 is 17.9 Å². The Kier molecular flexibility index (Phi) is 4.76. The molecule has 25 heavy (non-hydrogen) atoms. The van der Waals surface area contributed by atoms with Crippen molar-refractivity contribution in [3.05, 3.63) is 64.6 Å². The number of aryl methyl sites for hydroxylation is 1. The highest BCUT2D eigenvalue weighted by molar-refractivity contribution is 7.89. The molecule has 2 N–H and O–H groups in total. The van der Waals surface area contributed by atoms with E-state index in [0.717, 1.165) is 5.56 Å². The first-order chi connectivity index (χ1) is 11.9. The zero-order valence-electron chi connectivity index (χ0n) is 13.5. The van der Waals surface area contributed by atoms with Crippen LogP contribution in [0, 0.1) is 0 Å². The Labute approximate surface area is 144 Å². The first kappa shape index (κ1) is 17.4. The fourth-order valence-electron chi connectivity index (χ4n) is 2.61. The molecule has 2 aromatic carbocycles. The van der Waals surface area contributed by atoms with Crippen LogP contribution in [0.5, 0.6) is 0 Å². The molecule has 3 rings (SSSR count). The van der Waals surface area contributed by atoms with E-state index in [1.165, 1.54) is 22.8 Å². The lowest BCUT2D eigenvalue weighted by atomic mass is 10.1. The maximum absolute atomic E-state index is 12.6. The number of aliphatic hydroxyl groups excluding tert-OH is 1. The Bertz CT molecular complexity index is 1040. The molecule has 1 atom stereocenters. The van der Waals surface area contributed by atoms with E-state index in [2.05, 4.69) is 4.72 Å². The second-order valence-electron chi connectivity index (χ2n) is 5.75. The van der Waals surface area contributed by atoms with E-state index in [4.69, 9.17) is 4.42 Å². The van der Waals surface area contributed by atoms with Gasteiger partial charge in [-0.25, -0.2) is 17.9 Å². The van der Waals surface area contributed by atoms with Gasteiger partial charge in [-0.05, 0) is 24.1 Å². The predicted molar refractivity (Wildman–Crippen MR) is 92.8 cm³/mol. The SMILES string of the molecule is Cn1c(=O)oc2cc(S(=O)(=O)NC(CO)Cc3ccccc3)ccc21. The van der Waals surface area contributed by atoms with Gasteiger partial charge in [0.15, 0.2) is 5.58 Å². The monoisotopic (exact) mass is 362 g/mol. The number of oxazole rings is 1. The normalized spacial score (nSPS) is 13.2. The number of hydrogen-bond acceptors (Lipinski definition) is 5. The smallest absolute Gasteiger partial charge is 0.408 e. The molecule has 0 aliphatic heterocycles. The van der Waals surface area contributed by atoms with Crippen LogP contribution in [0.1, 0.15) is 5.56 Å². The Hall–Kier alpha value is -2.42. The van der Waals surface area contributed by atoms with Crippen LogP contribution in [0.2, 0.25) is 0 Å². The first-order valence-corrected chi connectivity index (χ1v) is 9.16. The lowest BCUT2D eigenvalue weighted by molar-refractivity contribution is 0.256. The van der Waals surface area contributed by atoms with Gasteiger partial charge in [0.1, 0.15) is 0 Å². The second kappa shape index (κ2) is 6.83. The van der Waals surface area contributed by atoms with Gasteiger partial charge >= 0.3 is 5.76 Å². The summed E-state index contributed by atoms with van der Waals surface area (Å²) < 4.78 is 34.0. The van der Waals surface area contributed by atoms with Crippen LogP contribution in [0.25, 0.3) is 11.1 Å². The molecule has 0 saturated heterocycles. The Balaban J connectivity index is 1.86. The zero-order chi connectivity index (χ0) is 18.0. The van der Waals surface area contributed by atoms with E-state index in [1.807, 2.05) is 30.3 Å². The number of sulfonamides is 1. The highest BCUT2D eigenvalue weighted by Crippen LogP contribution is 2.18. The van der Waals surface area contributed by atoms with Crippen molar-refractivity contribution in [3.63, 3.8) is 0 Å². The number of aliphatic hydroxyl groups is 1. The molecular formula is C17H18N2O5S. The van der Waals surface area contributed by atoms with Gasteiger partial charge in [-0.15, -0.1) is 0 Å². The molecule has 0 radical (unpaired) electrons. The van der Waals surface area contributed by atoms with Crippen molar-refractivity contribution in [3.8, 4) is 0 Å². The Morgan fingerprint density at radius 3 is 2.60 bits per heavy atom. The van der Waals surface area contributed by atoms with E-state index in [0.29, 0.717) is 11.9 Å². The number of nitrogens with zero attached hydrogens (tertiary/aromatic N) is 1. The van der Waals surface area contributed by atoms with Gasteiger partial charge < -0.3 is 9.52 Å². The summed E-state index contributed by atoms with van der Waals surface area (Å²) in [4.78, 5) is 11.5. The number of nitrogens with one attached hydrogen (secondary N) is 1. The number of benzene rings is 2. The van der Waals surface area contributed by atoms with Crippen LogP contribution < -0.4 is 10.5 Å². The van der Waals surface area contributed by atoms with Gasteiger partial charge in [0.05, 0.1) is 17.0 Å². The summed E-state index contributed by atoms with van der Waals surface area (Å²) in [5.41, 5.74) is 1.61. The molecule has 8 heteroatoms. The van der Waals surface area contributed by atoms with Crippen LogP contribution in [-0.4, -0.2) is 30.7 Å². The zero-order valence-corrected chi connectivity index (χ0v) is 14.4. The first-order valence-electron chi connectivity index (χ1n) is 7.67. The average Bonchev–Trinajstić information content (AvgIpc) is 2.89. The van der Waals surface area contributed by atoms with Crippen molar-refractivity contribution in [2.24, 2.45) is 7.05 Å². The van der Waals surface area contributed by atoms with Crippen molar-refractivity contribution in [2.45, 2.75) is 17.4 Å². The molecule has 132 valence electrons. The molecule has 0 aliphatic carbocycles. The van der Waals surface area contributed by atoms with Gasteiger partial charge in [-0.2, -0.15) is 0 Å². The number of hydrogen-bond donors (Lipinski definition) is 2. The summed E-state index contributed by atoms with van der Waals surface area (Å²) in [6.07, 6.45) is 0.360. The minimum absolute atomic E-state index is 0.0270. The standard InChI is InChI=1S/C17H18N2O5S/c1-19-15-8-7-14(10-16(15)24-17(19)21)25(22,23)18-13(11-20)9-12-5-3-2-4-6-12/h2-8,10,13,18,20H,9,11H2,1H3. The molecule has 1 unspecified atom stereocenters. The van der Waals surface area contributed by atoms with Crippen LogP contribution >= 0.6 is 0 Å². The van der Waals surface area contributed by atoms with E-state index in [1.54, 1.807) is 7.05 Å². The van der Waals surface area contributed by atoms with Crippen LogP contribution in [0.15, 0.2) is 62.6 Å². The molecule has 7 nitrogen and oxygen atoms in total. The number of aromatic nitrogens is 1. The molecule has 3 aromatic rings. The fraction of sp³-hybridized carbons (Fsp3) is 0.235. The molecule has 0 fully saturated rings. The van der Waals surface area contributed by atoms with Gasteiger partial charge in [0.2, 0.25) is 10.0 Å². The second-order valence-corrected chi connectivity index (χ2v) is 7.46.